The maximum atomic E-state index is 13.3. The fourth-order valence-corrected chi connectivity index (χ4v) is 5.42. The normalized spacial score (nSPS) is 13.3. The summed E-state index contributed by atoms with van der Waals surface area (Å²) in [6.07, 6.45) is 1.39. The van der Waals surface area contributed by atoms with Crippen molar-refractivity contribution in [1.82, 2.24) is 0 Å². The lowest BCUT2D eigenvalue weighted by Gasteiger charge is -2.31. The summed E-state index contributed by atoms with van der Waals surface area (Å²) in [6.45, 7) is 2.21. The second-order valence-corrected chi connectivity index (χ2v) is 9.98. The van der Waals surface area contributed by atoms with Crippen molar-refractivity contribution in [2.75, 3.05) is 16.2 Å². The van der Waals surface area contributed by atoms with E-state index in [0.29, 0.717) is 30.8 Å². The third-order valence-corrected chi connectivity index (χ3v) is 7.58. The zero-order chi connectivity index (χ0) is 23.8. The van der Waals surface area contributed by atoms with E-state index in [1.165, 1.54) is 16.4 Å². The first-order valence-electron chi connectivity index (χ1n) is 10.1. The van der Waals surface area contributed by atoms with E-state index in [4.69, 9.17) is 11.6 Å². The standard InChI is InChI=1S/C23H20ClN3O5S/c1-15-4-9-19(10-5-15)33(31,32)26-12-2-3-16-6-8-18(14-21(16)26)25-23(28)17-7-11-20(24)22(13-17)27(29)30/h4-11,13-14H,2-3,12H2,1H3,(H,25,28). The van der Waals surface area contributed by atoms with Crippen LogP contribution in [0.4, 0.5) is 17.1 Å². The first kappa shape index (κ1) is 22.8. The summed E-state index contributed by atoms with van der Waals surface area (Å²) >= 11 is 5.82. The topological polar surface area (TPSA) is 110 Å². The number of nitro benzene ring substituents is 1. The van der Waals surface area contributed by atoms with Crippen molar-refractivity contribution in [2.45, 2.75) is 24.7 Å². The molecule has 10 heteroatoms. The summed E-state index contributed by atoms with van der Waals surface area (Å²) in [6, 6.07) is 15.5. The maximum absolute atomic E-state index is 13.3. The Labute approximate surface area is 196 Å². The average Bonchev–Trinajstić information content (AvgIpc) is 2.79. The Morgan fingerprint density at radius 3 is 2.52 bits per heavy atom. The van der Waals surface area contributed by atoms with Gasteiger partial charge in [-0.05, 0) is 61.7 Å². The van der Waals surface area contributed by atoms with Gasteiger partial charge in [0.15, 0.2) is 0 Å². The maximum Gasteiger partial charge on any atom is 0.288 e. The highest BCUT2D eigenvalue weighted by atomic mass is 35.5. The van der Waals surface area contributed by atoms with Gasteiger partial charge in [-0.1, -0.05) is 35.4 Å². The molecule has 1 amide bonds. The highest BCUT2D eigenvalue weighted by Gasteiger charge is 2.29. The molecule has 3 aromatic rings. The summed E-state index contributed by atoms with van der Waals surface area (Å²) in [4.78, 5) is 23.3. The van der Waals surface area contributed by atoms with Crippen LogP contribution in [-0.2, 0) is 16.4 Å². The van der Waals surface area contributed by atoms with E-state index in [-0.39, 0.29) is 21.2 Å². The summed E-state index contributed by atoms with van der Waals surface area (Å²) in [5.41, 5.74) is 2.39. The smallest absolute Gasteiger partial charge is 0.288 e. The van der Waals surface area contributed by atoms with E-state index >= 15 is 0 Å². The van der Waals surface area contributed by atoms with Crippen molar-refractivity contribution in [1.29, 1.82) is 0 Å². The first-order chi connectivity index (χ1) is 15.7. The number of rotatable bonds is 5. The molecule has 0 unspecified atom stereocenters. The minimum atomic E-state index is -3.78. The van der Waals surface area contributed by atoms with Gasteiger partial charge in [-0.2, -0.15) is 0 Å². The monoisotopic (exact) mass is 485 g/mol. The largest absolute Gasteiger partial charge is 0.322 e. The Hall–Kier alpha value is -3.43. The van der Waals surface area contributed by atoms with Crippen LogP contribution in [0, 0.1) is 17.0 Å². The number of hydrogen-bond donors (Lipinski definition) is 1. The molecule has 4 rings (SSSR count). The number of anilines is 2. The summed E-state index contributed by atoms with van der Waals surface area (Å²) < 4.78 is 28.0. The van der Waals surface area contributed by atoms with Gasteiger partial charge in [0, 0.05) is 23.9 Å². The van der Waals surface area contributed by atoms with Crippen LogP contribution in [0.2, 0.25) is 5.02 Å². The molecule has 0 saturated heterocycles. The molecule has 0 radical (unpaired) electrons. The van der Waals surface area contributed by atoms with Crippen LogP contribution >= 0.6 is 11.6 Å². The Morgan fingerprint density at radius 2 is 1.82 bits per heavy atom. The minimum absolute atomic E-state index is 0.0629. The zero-order valence-corrected chi connectivity index (χ0v) is 19.2. The number of carbonyl (C=O) groups excluding carboxylic acids is 1. The Morgan fingerprint density at radius 1 is 1.09 bits per heavy atom. The number of benzene rings is 3. The Balaban J connectivity index is 1.65. The zero-order valence-electron chi connectivity index (χ0n) is 17.6. The number of hydrogen-bond acceptors (Lipinski definition) is 5. The number of carbonyl (C=O) groups is 1. The lowest BCUT2D eigenvalue weighted by atomic mass is 10.0. The average molecular weight is 486 g/mol. The molecule has 0 bridgehead atoms. The lowest BCUT2D eigenvalue weighted by Crippen LogP contribution is -2.35. The van der Waals surface area contributed by atoms with Gasteiger partial charge in [0.05, 0.1) is 15.5 Å². The van der Waals surface area contributed by atoms with Gasteiger partial charge in [-0.3, -0.25) is 19.2 Å². The number of nitro groups is 1. The fraction of sp³-hybridized carbons (Fsp3) is 0.174. The van der Waals surface area contributed by atoms with Crippen LogP contribution in [0.3, 0.4) is 0 Å². The highest BCUT2D eigenvalue weighted by molar-refractivity contribution is 7.92. The second kappa shape index (κ2) is 8.84. The second-order valence-electron chi connectivity index (χ2n) is 7.71. The molecule has 3 aromatic carbocycles. The third-order valence-electron chi connectivity index (χ3n) is 5.43. The van der Waals surface area contributed by atoms with Crippen molar-refractivity contribution in [2.24, 2.45) is 0 Å². The number of nitrogens with one attached hydrogen (secondary N) is 1. The molecule has 0 atom stereocenters. The van der Waals surface area contributed by atoms with Crippen LogP contribution in [0.25, 0.3) is 0 Å². The first-order valence-corrected chi connectivity index (χ1v) is 12.0. The Kier molecular flexibility index (Phi) is 6.09. The van der Waals surface area contributed by atoms with Gasteiger partial charge < -0.3 is 5.32 Å². The number of fused-ring (bicyclic) bond motifs is 1. The number of amides is 1. The van der Waals surface area contributed by atoms with Crippen molar-refractivity contribution < 1.29 is 18.1 Å². The van der Waals surface area contributed by atoms with Crippen LogP contribution < -0.4 is 9.62 Å². The van der Waals surface area contributed by atoms with Crippen molar-refractivity contribution in [3.63, 3.8) is 0 Å². The van der Waals surface area contributed by atoms with Gasteiger partial charge in [0.25, 0.3) is 21.6 Å². The molecular formula is C23H20ClN3O5S. The number of aryl methyl sites for hydroxylation is 2. The molecule has 1 heterocycles. The SMILES string of the molecule is Cc1ccc(S(=O)(=O)N2CCCc3ccc(NC(=O)c4ccc(Cl)c([N+](=O)[O-])c4)cc32)cc1. The lowest BCUT2D eigenvalue weighted by molar-refractivity contribution is -0.384. The third kappa shape index (κ3) is 4.55. The van der Waals surface area contributed by atoms with Gasteiger partial charge in [0.1, 0.15) is 5.02 Å². The fourth-order valence-electron chi connectivity index (χ4n) is 3.70. The van der Waals surface area contributed by atoms with Gasteiger partial charge in [0.2, 0.25) is 0 Å². The van der Waals surface area contributed by atoms with Crippen molar-refractivity contribution >= 4 is 44.6 Å². The molecule has 0 saturated carbocycles. The number of nitrogens with zero attached hydrogens (tertiary/aromatic N) is 2. The molecule has 0 aliphatic carbocycles. The predicted octanol–water partition coefficient (Wildman–Crippen LogP) is 4.95. The minimum Gasteiger partial charge on any atom is -0.322 e. The summed E-state index contributed by atoms with van der Waals surface area (Å²) in [5.74, 6) is -0.571. The van der Waals surface area contributed by atoms with Gasteiger partial charge >= 0.3 is 0 Å². The molecule has 33 heavy (non-hydrogen) atoms. The summed E-state index contributed by atoms with van der Waals surface area (Å²) in [5, 5.41) is 13.7. The highest BCUT2D eigenvalue weighted by Crippen LogP contribution is 2.34. The molecule has 8 nitrogen and oxygen atoms in total. The molecule has 0 aromatic heterocycles. The molecule has 170 valence electrons. The Bertz CT molecular complexity index is 1360. The van der Waals surface area contributed by atoms with E-state index in [2.05, 4.69) is 5.32 Å². The van der Waals surface area contributed by atoms with E-state index in [0.717, 1.165) is 17.2 Å². The van der Waals surface area contributed by atoms with Crippen LogP contribution in [0.1, 0.15) is 27.9 Å². The molecule has 1 aliphatic heterocycles. The molecule has 1 N–H and O–H groups in total. The van der Waals surface area contributed by atoms with E-state index < -0.39 is 20.9 Å². The van der Waals surface area contributed by atoms with Gasteiger partial charge in [-0.15, -0.1) is 0 Å². The quantitative estimate of drug-likeness (QED) is 0.406. The van der Waals surface area contributed by atoms with Crippen LogP contribution in [0.15, 0.2) is 65.6 Å². The molecule has 0 spiro atoms. The molecule has 0 fully saturated rings. The van der Waals surface area contributed by atoms with Crippen LogP contribution in [0.5, 0.6) is 0 Å². The van der Waals surface area contributed by atoms with Crippen molar-refractivity contribution in [3.05, 3.63) is 92.5 Å². The summed E-state index contributed by atoms with van der Waals surface area (Å²) in [7, 11) is -3.78. The van der Waals surface area contributed by atoms with Crippen LogP contribution in [-0.4, -0.2) is 25.8 Å². The number of halogens is 1. The molecule has 1 aliphatic rings. The van der Waals surface area contributed by atoms with Crippen molar-refractivity contribution in [3.8, 4) is 0 Å². The van der Waals surface area contributed by atoms with E-state index in [1.807, 2.05) is 6.92 Å². The molecular weight excluding hydrogens is 466 g/mol. The van der Waals surface area contributed by atoms with E-state index in [1.54, 1.807) is 42.5 Å². The number of sulfonamides is 1. The van der Waals surface area contributed by atoms with Gasteiger partial charge in [-0.25, -0.2) is 8.42 Å². The predicted molar refractivity (Wildman–Crippen MR) is 127 cm³/mol. The van der Waals surface area contributed by atoms with E-state index in [9.17, 15) is 23.3 Å².